The number of phosphoric acid groups is 6. The number of nitrogen functional groups attached to an aromatic ring is 2. The van der Waals surface area contributed by atoms with E-state index in [9.17, 15) is 130 Å². The maximum absolute atomic E-state index is 12.5. The molecule has 2 aliphatic rings. The summed E-state index contributed by atoms with van der Waals surface area (Å²) in [4.78, 5) is 213. The third-order valence-electron chi connectivity index (χ3n) is 14.9. The number of rotatable bonds is 44. The number of hydrogen-bond acceptors (Lipinski definition) is 47. The van der Waals surface area contributed by atoms with E-state index in [-0.39, 0.29) is 102 Å². The minimum Gasteiger partial charge on any atom is -0.790 e. The zero-order chi connectivity index (χ0) is 84.5. The third-order valence-corrected chi connectivity index (χ3v) is 22.7. The molecule has 0 bridgehead atoms. The summed E-state index contributed by atoms with van der Waals surface area (Å²) in [7, 11) is -35.3. The van der Waals surface area contributed by atoms with E-state index in [1.807, 2.05) is 0 Å². The third kappa shape index (κ3) is 31.3. The minimum absolute atomic E-state index is 0.00514. The van der Waals surface area contributed by atoms with Crippen LogP contribution in [0.2, 0.25) is 0 Å². The Morgan fingerprint density at radius 3 is 1.29 bits per heavy atom. The van der Waals surface area contributed by atoms with E-state index in [0.717, 1.165) is 71.8 Å². The van der Waals surface area contributed by atoms with Crippen molar-refractivity contribution >= 4 is 150 Å². The van der Waals surface area contributed by atoms with E-state index in [4.69, 9.17) is 26.0 Å². The molecule has 0 saturated carbocycles. The van der Waals surface area contributed by atoms with Gasteiger partial charge in [0.2, 0.25) is 23.6 Å². The van der Waals surface area contributed by atoms with Gasteiger partial charge in [-0.1, -0.05) is 51.2 Å². The van der Waals surface area contributed by atoms with Crippen LogP contribution in [0.3, 0.4) is 0 Å². The Balaban J connectivity index is 0.000000401. The van der Waals surface area contributed by atoms with Crippen LogP contribution in [0, 0.1) is 10.8 Å². The molecule has 0 aromatic carbocycles. The number of amides is 4. The van der Waals surface area contributed by atoms with Crippen molar-refractivity contribution in [2.75, 3.05) is 75.6 Å². The Hall–Kier alpha value is -5.78. The molecule has 6 heterocycles. The van der Waals surface area contributed by atoms with Crippen molar-refractivity contribution in [3.8, 4) is 0 Å². The number of nitrogens with one attached hydrogen (secondary N) is 4. The highest BCUT2D eigenvalue weighted by Crippen LogP contribution is 2.58. The minimum atomic E-state index is -5.94. The number of anilines is 2. The summed E-state index contributed by atoms with van der Waals surface area (Å²) >= 11 is 1.63. The first kappa shape index (κ1) is 96.8. The van der Waals surface area contributed by atoms with Crippen molar-refractivity contribution in [1.82, 2.24) is 60.3 Å². The first-order valence-electron chi connectivity index (χ1n) is 31.9. The highest BCUT2D eigenvalue weighted by Gasteiger charge is 2.50. The summed E-state index contributed by atoms with van der Waals surface area (Å²) in [6.07, 6.45) is -16.8. The molecule has 4 aromatic heterocycles. The van der Waals surface area contributed by atoms with Gasteiger partial charge < -0.3 is 148 Å². The van der Waals surface area contributed by atoms with Gasteiger partial charge in [0.05, 0.1) is 73.2 Å². The van der Waals surface area contributed by atoms with Crippen molar-refractivity contribution in [2.45, 2.75) is 141 Å². The molecule has 2 fully saturated rings. The number of aliphatic carboxylic acids is 1. The number of nitrogens with two attached hydrogens (primary N) is 2. The second kappa shape index (κ2) is 40.9. The highest BCUT2D eigenvalue weighted by molar-refractivity contribution is 8.13. The van der Waals surface area contributed by atoms with E-state index in [1.165, 1.54) is 27.7 Å². The van der Waals surface area contributed by atoms with Crippen molar-refractivity contribution < 1.29 is 181 Å². The molecule has 2 aliphatic heterocycles. The molecule has 14 N–H and O–H groups in total. The van der Waals surface area contributed by atoms with E-state index in [0.29, 0.717) is 0 Å². The van der Waals surface area contributed by atoms with Gasteiger partial charge in [0.1, 0.15) is 78.3 Å². The summed E-state index contributed by atoms with van der Waals surface area (Å²) < 4.78 is 121. The van der Waals surface area contributed by atoms with Gasteiger partial charge in [0, 0.05) is 67.8 Å². The van der Waals surface area contributed by atoms with Gasteiger partial charge in [-0.15, -0.1) is 0 Å². The molecular formula is C52H76N14O38P6S2-8. The van der Waals surface area contributed by atoms with Gasteiger partial charge in [0.15, 0.2) is 45.6 Å². The predicted octanol–water partition coefficient (Wildman–Crippen LogP) is -8.13. The van der Waals surface area contributed by atoms with E-state index >= 15 is 0 Å². The molecule has 14 unspecified atom stereocenters. The van der Waals surface area contributed by atoms with Crippen molar-refractivity contribution in [2.24, 2.45) is 10.8 Å². The predicted molar refractivity (Wildman–Crippen MR) is 359 cm³/mol. The lowest BCUT2D eigenvalue weighted by Crippen LogP contribution is -2.46. The van der Waals surface area contributed by atoms with Crippen molar-refractivity contribution in [3.05, 3.63) is 25.3 Å². The fourth-order valence-corrected chi connectivity index (χ4v) is 16.6. The summed E-state index contributed by atoms with van der Waals surface area (Å²) in [6, 6.07) is 0. The number of aliphatic hydroxyl groups excluding tert-OH is 4. The number of carbonyl (C=O) groups is 8. The monoisotopic (exact) mass is 1750 g/mol. The molecule has 2 saturated heterocycles. The number of ketones is 1. The lowest BCUT2D eigenvalue weighted by Gasteiger charge is -2.36. The van der Waals surface area contributed by atoms with E-state index in [2.05, 4.69) is 86.9 Å². The molecular weight excluding hydrogens is 1680 g/mol. The number of aromatic nitrogens is 8. The zero-order valence-electron chi connectivity index (χ0n) is 59.2. The Bertz CT molecular complexity index is 4310. The van der Waals surface area contributed by atoms with Gasteiger partial charge in [-0.3, -0.25) is 65.8 Å². The number of ether oxygens (including phenoxy) is 2. The SMILES string of the molecule is CC(=O)CC(=O)SCCNC(=O)CCNC(=O)C(O)C(C)(C)COP(=O)([O-])OP(=O)([O-])OCC1OC(n2cnc3c(N)ncnc32)C(O)C1OP(=O)([O-])[O-].CC(C)(COP(=O)([O-])OP(=O)([O-])OCC1OC(n2cnc3c(N)ncnc32)C(O)C1OP(=O)([O-])[O-])C(O)C(=O)NCCC(=O)NCCSC(=O)C[C@@](C)(O)CC(=O)O. The Kier molecular flexibility index (Phi) is 35.3. The second-order valence-electron chi connectivity index (χ2n) is 25.5. The largest absolute Gasteiger partial charge is 0.790 e. The maximum atomic E-state index is 12.5. The molecule has 632 valence electrons. The van der Waals surface area contributed by atoms with Crippen LogP contribution >= 0.6 is 70.5 Å². The number of hydrogen-bond donors (Lipinski definition) is 12. The molecule has 0 radical (unpaired) electrons. The average molecular weight is 1760 g/mol. The number of nitrogens with zero attached hydrogens (tertiary/aromatic N) is 8. The number of Topliss-reactive ketones (excluding diaryl/α,β-unsaturated/α-hetero) is 1. The smallest absolute Gasteiger partial charge is 0.306 e. The van der Waals surface area contributed by atoms with Crippen LogP contribution < -0.4 is 71.9 Å². The van der Waals surface area contributed by atoms with Crippen LogP contribution in [-0.4, -0.2) is 234 Å². The van der Waals surface area contributed by atoms with Crippen LogP contribution in [0.4, 0.5) is 11.6 Å². The number of phosphoric ester groups is 6. The molecule has 52 nitrogen and oxygen atoms in total. The number of fused-ring (bicyclic) bond motifs is 2. The Morgan fingerprint density at radius 1 is 0.562 bits per heavy atom. The molecule has 60 heteroatoms. The summed E-state index contributed by atoms with van der Waals surface area (Å²) in [5, 5.41) is 69.8. The molecule has 6 rings (SSSR count). The molecule has 4 aromatic rings. The van der Waals surface area contributed by atoms with Crippen LogP contribution in [0.25, 0.3) is 22.3 Å². The zero-order valence-corrected chi connectivity index (χ0v) is 66.2. The molecule has 112 heavy (non-hydrogen) atoms. The van der Waals surface area contributed by atoms with Crippen LogP contribution in [0.15, 0.2) is 25.3 Å². The number of carboxylic acid groups (broad SMARTS) is 1. The quantitative estimate of drug-likeness (QED) is 0.0111. The average Bonchev–Trinajstić information content (AvgIpc) is 1.62. The number of thioether (sulfide) groups is 2. The lowest BCUT2D eigenvalue weighted by atomic mass is 9.87. The van der Waals surface area contributed by atoms with Crippen molar-refractivity contribution in [1.29, 1.82) is 0 Å². The number of imidazole rings is 2. The number of carboxylic acids is 1. The highest BCUT2D eigenvalue weighted by atomic mass is 32.2. The number of aliphatic hydroxyl groups is 5. The normalized spacial score (nSPS) is 22.2. The topological polar surface area (TPSA) is 825 Å². The van der Waals surface area contributed by atoms with Crippen LogP contribution in [0.1, 0.15) is 86.1 Å². The standard InChI is InChI=1S/C27H44N7O20P3S.C25H40N7O18P3S/c1-26(2,21(40)24(41)30-5-4-15(35)29-6-7-58-17(38)9-27(3,42)8-16(36)37)11-51-57(48,49)54-56(46,47)50-10-14-20(53-55(43,44)45)19(39)25(52-14)34-13-33-18-22(28)31-12-32-23(18)34;1-13(33)8-16(35)54-7-6-27-15(34)4-5-28-23(38)20(37)25(2,3)10-47-53(44,45)50-52(42,43)46-9-14-19(49-51(39,40)41)18(36)24(48-14)32-12-31-17-21(26)29-11-30-22(17)32/h12-14,19-21,25,39-40,42H,4-11H2,1-3H3,(H,29,35)(H,30,41)(H,36,37)(H,46,47)(H,48,49)(H2,28,31,32)(H2,43,44,45);11-12,14,18-20,24,36-37H,4-10H2,1-3H3,(H,27,34)(H,28,38)(H,42,43)(H,44,45)(H2,26,29,30)(H2,39,40,41)/p-8/t14?,19?,20?,21?,25?,27-;/m0./s1. The maximum Gasteiger partial charge on any atom is 0.306 e. The Labute approximate surface area is 640 Å². The fourth-order valence-electron chi connectivity index (χ4n) is 9.55. The molecule has 0 aliphatic carbocycles. The van der Waals surface area contributed by atoms with Gasteiger partial charge in [-0.05, 0) is 13.8 Å². The lowest BCUT2D eigenvalue weighted by molar-refractivity contribution is -0.348. The number of carbonyl (C=O) groups excluding carboxylic acids is 7. The summed E-state index contributed by atoms with van der Waals surface area (Å²) in [5.41, 5.74) is 6.27. The summed E-state index contributed by atoms with van der Waals surface area (Å²) in [5.74, 6) is -4.65. The van der Waals surface area contributed by atoms with Gasteiger partial charge in [0.25, 0.3) is 31.3 Å². The van der Waals surface area contributed by atoms with Gasteiger partial charge in [-0.25, -0.2) is 38.5 Å². The van der Waals surface area contributed by atoms with Gasteiger partial charge >= 0.3 is 5.97 Å². The van der Waals surface area contributed by atoms with Crippen LogP contribution in [0.5, 0.6) is 0 Å². The Morgan fingerprint density at radius 2 is 0.929 bits per heavy atom. The molecule has 15 atom stereocenters. The van der Waals surface area contributed by atoms with Crippen LogP contribution in [-0.2, 0) is 111 Å². The van der Waals surface area contributed by atoms with Crippen molar-refractivity contribution in [3.63, 3.8) is 0 Å². The molecule has 4 amide bonds. The van der Waals surface area contributed by atoms with Gasteiger partial charge in [-0.2, -0.15) is 0 Å². The first-order chi connectivity index (χ1) is 51.5. The molecule has 0 spiro atoms. The first-order valence-corrected chi connectivity index (χ1v) is 42.7. The van der Waals surface area contributed by atoms with E-state index in [1.54, 1.807) is 0 Å². The second-order valence-corrected chi connectivity index (χ2v) is 36.0. The fraction of sp³-hybridized carbons (Fsp3) is 0.654. The van der Waals surface area contributed by atoms with E-state index < -0.39 is 199 Å². The summed E-state index contributed by atoms with van der Waals surface area (Å²) in [6.45, 7) is 2.05.